The van der Waals surface area contributed by atoms with Crippen molar-refractivity contribution in [1.29, 1.82) is 0 Å². The second kappa shape index (κ2) is 6.66. The van der Waals surface area contributed by atoms with Gasteiger partial charge >= 0.3 is 12.0 Å². The summed E-state index contributed by atoms with van der Waals surface area (Å²) in [4.78, 5) is 31.5. The van der Waals surface area contributed by atoms with Crippen LogP contribution in [0.1, 0.15) is 15.9 Å². The Morgan fingerprint density at radius 3 is 2.71 bits per heavy atom. The number of aromatic nitrogens is 1. The molecule has 2 heterocycles. The van der Waals surface area contributed by atoms with E-state index in [-0.39, 0.29) is 11.8 Å². The predicted molar refractivity (Wildman–Crippen MR) is 85.1 cm³/mol. The highest BCUT2D eigenvalue weighted by molar-refractivity contribution is 5.95. The van der Waals surface area contributed by atoms with Crippen molar-refractivity contribution in [3.8, 4) is 0 Å². The molecule has 0 aliphatic carbocycles. The number of anilines is 1. The third kappa shape index (κ3) is 3.19. The van der Waals surface area contributed by atoms with Crippen molar-refractivity contribution in [1.82, 2.24) is 9.88 Å². The number of ether oxygens (including phenoxy) is 1. The predicted octanol–water partition coefficient (Wildman–Crippen LogP) is 2.45. The van der Waals surface area contributed by atoms with E-state index in [4.69, 9.17) is 0 Å². The van der Waals surface area contributed by atoms with E-state index >= 15 is 0 Å². The topological polar surface area (TPSA) is 62.7 Å². The molecular weight excluding hydrogens is 313 g/mol. The van der Waals surface area contributed by atoms with Gasteiger partial charge in [0.15, 0.2) is 0 Å². The molecule has 1 aromatic heterocycles. The van der Waals surface area contributed by atoms with Gasteiger partial charge in [-0.25, -0.2) is 19.0 Å². The summed E-state index contributed by atoms with van der Waals surface area (Å²) in [5.41, 5.74) is 1.19. The first-order valence-corrected chi connectivity index (χ1v) is 7.44. The molecule has 0 spiro atoms. The van der Waals surface area contributed by atoms with E-state index in [0.29, 0.717) is 31.0 Å². The van der Waals surface area contributed by atoms with Crippen LogP contribution in [-0.2, 0) is 11.3 Å². The molecule has 2 amide bonds. The Bertz CT molecular complexity index is 764. The normalized spacial score (nSPS) is 14.2. The number of hydrogen-bond acceptors (Lipinski definition) is 4. The van der Waals surface area contributed by atoms with Gasteiger partial charge in [0.1, 0.15) is 11.6 Å². The summed E-state index contributed by atoms with van der Waals surface area (Å²) in [5, 5.41) is 0. The molecule has 6 nitrogen and oxygen atoms in total. The molecule has 1 aliphatic heterocycles. The van der Waals surface area contributed by atoms with E-state index in [2.05, 4.69) is 9.72 Å². The molecule has 0 N–H and O–H groups in total. The van der Waals surface area contributed by atoms with Crippen LogP contribution in [0.3, 0.4) is 0 Å². The zero-order valence-electron chi connectivity index (χ0n) is 13.1. The number of benzene rings is 1. The van der Waals surface area contributed by atoms with Crippen LogP contribution in [0.5, 0.6) is 0 Å². The highest BCUT2D eigenvalue weighted by Gasteiger charge is 2.30. The molecule has 0 atom stereocenters. The van der Waals surface area contributed by atoms with Gasteiger partial charge < -0.3 is 9.64 Å². The van der Waals surface area contributed by atoms with Crippen LogP contribution in [0.25, 0.3) is 0 Å². The Morgan fingerprint density at radius 1 is 1.25 bits per heavy atom. The van der Waals surface area contributed by atoms with E-state index in [1.165, 1.54) is 42.5 Å². The summed E-state index contributed by atoms with van der Waals surface area (Å²) in [7, 11) is 1.30. The highest BCUT2D eigenvalue weighted by Crippen LogP contribution is 2.21. The Kier molecular flexibility index (Phi) is 4.41. The molecule has 3 rings (SSSR count). The molecule has 124 valence electrons. The highest BCUT2D eigenvalue weighted by atomic mass is 19.1. The van der Waals surface area contributed by atoms with Gasteiger partial charge in [0.05, 0.1) is 12.7 Å². The molecule has 0 radical (unpaired) electrons. The minimum atomic E-state index is -0.478. The molecule has 2 aromatic rings. The molecule has 1 fully saturated rings. The van der Waals surface area contributed by atoms with Crippen molar-refractivity contribution in [2.75, 3.05) is 25.1 Å². The van der Waals surface area contributed by atoms with E-state index < -0.39 is 5.97 Å². The van der Waals surface area contributed by atoms with Crippen molar-refractivity contribution >= 4 is 17.8 Å². The van der Waals surface area contributed by atoms with Crippen LogP contribution >= 0.6 is 0 Å². The summed E-state index contributed by atoms with van der Waals surface area (Å²) in [6, 6.07) is 8.92. The number of halogens is 1. The van der Waals surface area contributed by atoms with Crippen molar-refractivity contribution in [2.45, 2.75) is 6.54 Å². The molecule has 0 saturated carbocycles. The zero-order chi connectivity index (χ0) is 17.1. The smallest absolute Gasteiger partial charge is 0.338 e. The molecule has 1 saturated heterocycles. The summed E-state index contributed by atoms with van der Waals surface area (Å²) >= 11 is 0. The maximum atomic E-state index is 13.0. The SMILES string of the molecule is COC(=O)c1ccnc(N2CCN(Cc3ccc(F)cc3)C2=O)c1. The Labute approximate surface area is 138 Å². The van der Waals surface area contributed by atoms with E-state index in [1.54, 1.807) is 17.0 Å². The first kappa shape index (κ1) is 15.9. The fraction of sp³-hybridized carbons (Fsp3) is 0.235. The van der Waals surface area contributed by atoms with E-state index in [0.717, 1.165) is 5.56 Å². The molecule has 1 aromatic carbocycles. The standard InChI is InChI=1S/C17H16FN3O3/c1-24-16(22)13-6-7-19-15(10-13)21-9-8-20(17(21)23)11-12-2-4-14(18)5-3-12/h2-7,10H,8-9,11H2,1H3. The lowest BCUT2D eigenvalue weighted by Crippen LogP contribution is -2.32. The average Bonchev–Trinajstić information content (AvgIpc) is 2.97. The van der Waals surface area contributed by atoms with Gasteiger partial charge in [-0.3, -0.25) is 4.90 Å². The van der Waals surface area contributed by atoms with E-state index in [9.17, 15) is 14.0 Å². The van der Waals surface area contributed by atoms with Gasteiger partial charge in [0.25, 0.3) is 0 Å². The molecule has 7 heteroatoms. The number of rotatable bonds is 4. The molecular formula is C17H16FN3O3. The Balaban J connectivity index is 1.74. The van der Waals surface area contributed by atoms with Crippen molar-refractivity contribution in [3.63, 3.8) is 0 Å². The van der Waals surface area contributed by atoms with Gasteiger partial charge in [0.2, 0.25) is 0 Å². The maximum absolute atomic E-state index is 13.0. The summed E-state index contributed by atoms with van der Waals surface area (Å²) in [5.74, 6) is -0.380. The molecule has 0 bridgehead atoms. The number of carbonyl (C=O) groups excluding carboxylic acids is 2. The summed E-state index contributed by atoms with van der Waals surface area (Å²) in [6.45, 7) is 1.39. The van der Waals surface area contributed by atoms with Crippen molar-refractivity contribution in [3.05, 3.63) is 59.5 Å². The lowest BCUT2D eigenvalue weighted by atomic mass is 10.2. The van der Waals surface area contributed by atoms with Gasteiger partial charge in [-0.2, -0.15) is 0 Å². The quantitative estimate of drug-likeness (QED) is 0.808. The number of esters is 1. The van der Waals surface area contributed by atoms with Crippen molar-refractivity contribution in [2.24, 2.45) is 0 Å². The minimum Gasteiger partial charge on any atom is -0.465 e. The third-order valence-electron chi connectivity index (χ3n) is 3.82. The fourth-order valence-corrected chi connectivity index (χ4v) is 2.56. The molecule has 1 aliphatic rings. The number of amides is 2. The first-order chi connectivity index (χ1) is 11.6. The van der Waals surface area contributed by atoms with Crippen LogP contribution in [-0.4, -0.2) is 42.1 Å². The number of methoxy groups -OCH3 is 1. The summed E-state index contributed by atoms with van der Waals surface area (Å²) < 4.78 is 17.6. The first-order valence-electron chi connectivity index (χ1n) is 7.44. The monoisotopic (exact) mass is 329 g/mol. The maximum Gasteiger partial charge on any atom is 0.338 e. The Morgan fingerprint density at radius 2 is 2.00 bits per heavy atom. The van der Waals surface area contributed by atoms with Gasteiger partial charge in [-0.1, -0.05) is 12.1 Å². The second-order valence-corrected chi connectivity index (χ2v) is 5.38. The number of urea groups is 1. The van der Waals surface area contributed by atoms with Crippen molar-refractivity contribution < 1.29 is 18.7 Å². The summed E-state index contributed by atoms with van der Waals surface area (Å²) in [6.07, 6.45) is 1.47. The number of nitrogens with zero attached hydrogens (tertiary/aromatic N) is 3. The number of pyridine rings is 1. The lowest BCUT2D eigenvalue weighted by Gasteiger charge is -2.18. The van der Waals surface area contributed by atoms with Gasteiger partial charge in [-0.15, -0.1) is 0 Å². The molecule has 0 unspecified atom stereocenters. The third-order valence-corrected chi connectivity index (χ3v) is 3.82. The largest absolute Gasteiger partial charge is 0.465 e. The zero-order valence-corrected chi connectivity index (χ0v) is 13.1. The number of carbonyl (C=O) groups is 2. The van der Waals surface area contributed by atoms with Gasteiger partial charge in [-0.05, 0) is 29.8 Å². The Hall–Kier alpha value is -2.96. The second-order valence-electron chi connectivity index (χ2n) is 5.38. The van der Waals surface area contributed by atoms with Crippen LogP contribution in [0.2, 0.25) is 0 Å². The molecule has 24 heavy (non-hydrogen) atoms. The number of hydrogen-bond donors (Lipinski definition) is 0. The fourth-order valence-electron chi connectivity index (χ4n) is 2.56. The van der Waals surface area contributed by atoms with E-state index in [1.807, 2.05) is 0 Å². The minimum absolute atomic E-state index is 0.200. The lowest BCUT2D eigenvalue weighted by molar-refractivity contribution is 0.0600. The van der Waals surface area contributed by atoms with Crippen LogP contribution in [0, 0.1) is 5.82 Å². The van der Waals surface area contributed by atoms with Gasteiger partial charge in [0, 0.05) is 25.8 Å². The van der Waals surface area contributed by atoms with Crippen LogP contribution in [0.15, 0.2) is 42.6 Å². The van der Waals surface area contributed by atoms with Crippen LogP contribution in [0.4, 0.5) is 15.0 Å². The average molecular weight is 329 g/mol. The van der Waals surface area contributed by atoms with Crippen LogP contribution < -0.4 is 4.90 Å².